The molecular formula is C19H21N5O5. The smallest absolute Gasteiger partial charge is 0.330 e. The van der Waals surface area contributed by atoms with E-state index in [2.05, 4.69) is 10.1 Å². The molecule has 0 aliphatic rings. The third-order valence-corrected chi connectivity index (χ3v) is 4.23. The van der Waals surface area contributed by atoms with E-state index in [0.29, 0.717) is 5.76 Å². The van der Waals surface area contributed by atoms with Crippen LogP contribution < -0.4 is 26.6 Å². The number of hydrogen-bond acceptors (Lipinski definition) is 7. The number of nitrogens with one attached hydrogen (secondary N) is 1. The molecule has 0 radical (unpaired) electrons. The van der Waals surface area contributed by atoms with Crippen molar-refractivity contribution in [3.05, 3.63) is 68.6 Å². The Morgan fingerprint density at radius 2 is 2.03 bits per heavy atom. The number of nitrogens with two attached hydrogens (primary N) is 1. The number of nitrogens with zero attached hydrogens (tertiary/aromatic N) is 3. The Hall–Kier alpha value is -3.82. The summed E-state index contributed by atoms with van der Waals surface area (Å²) in [5, 5.41) is 3.65. The molecule has 0 atom stereocenters. The van der Waals surface area contributed by atoms with Gasteiger partial charge >= 0.3 is 5.69 Å². The molecular weight excluding hydrogens is 378 g/mol. The predicted molar refractivity (Wildman–Crippen MR) is 106 cm³/mol. The highest BCUT2D eigenvalue weighted by molar-refractivity contribution is 5.96. The molecule has 0 spiro atoms. The Balaban J connectivity index is 1.90. The number of benzene rings is 1. The Morgan fingerprint density at radius 3 is 2.66 bits per heavy atom. The lowest BCUT2D eigenvalue weighted by molar-refractivity contribution is -0.120. The fourth-order valence-electron chi connectivity index (χ4n) is 2.85. The number of rotatable bonds is 7. The number of aromatic amines is 1. The van der Waals surface area contributed by atoms with Crippen LogP contribution in [0.4, 0.5) is 11.5 Å². The van der Waals surface area contributed by atoms with Gasteiger partial charge in [-0.25, -0.2) is 4.79 Å². The van der Waals surface area contributed by atoms with Crippen LogP contribution in [-0.2, 0) is 11.3 Å². The van der Waals surface area contributed by atoms with Crippen LogP contribution in [0, 0.1) is 6.92 Å². The molecule has 0 fully saturated rings. The first-order valence-electron chi connectivity index (χ1n) is 8.93. The van der Waals surface area contributed by atoms with Crippen molar-refractivity contribution in [1.29, 1.82) is 0 Å². The molecule has 1 aromatic carbocycles. The molecule has 29 heavy (non-hydrogen) atoms. The number of anilines is 2. The minimum absolute atomic E-state index is 0.102. The topological polar surface area (TPSA) is 136 Å². The number of ether oxygens (including phenoxy) is 1. The molecule has 10 nitrogen and oxygen atoms in total. The van der Waals surface area contributed by atoms with Crippen LogP contribution in [0.15, 0.2) is 50.5 Å². The first-order chi connectivity index (χ1) is 13.9. The lowest BCUT2D eigenvalue weighted by Gasteiger charge is -2.23. The SMILES string of the molecule is CCN(C(=O)COc1cc(C)on1)c1c(N)n(Cc2ccccc2)c(=O)[nH]c1=O. The number of likely N-dealkylation sites (N-methyl/N-ethyl adjacent to an activating group) is 1. The third-order valence-electron chi connectivity index (χ3n) is 4.23. The van der Waals surface area contributed by atoms with E-state index in [1.807, 2.05) is 30.3 Å². The van der Waals surface area contributed by atoms with Crippen LogP contribution in [0.5, 0.6) is 5.88 Å². The van der Waals surface area contributed by atoms with Gasteiger partial charge in [0, 0.05) is 12.6 Å². The Bertz CT molecular complexity index is 1120. The zero-order valence-electron chi connectivity index (χ0n) is 16.0. The highest BCUT2D eigenvalue weighted by atomic mass is 16.5. The average Bonchev–Trinajstić information content (AvgIpc) is 3.12. The molecule has 0 aliphatic carbocycles. The third kappa shape index (κ3) is 4.37. The van der Waals surface area contributed by atoms with Gasteiger partial charge in [-0.2, -0.15) is 0 Å². The molecule has 3 aromatic rings. The van der Waals surface area contributed by atoms with Crippen molar-refractivity contribution in [2.45, 2.75) is 20.4 Å². The molecule has 3 rings (SSSR count). The second-order valence-electron chi connectivity index (χ2n) is 6.27. The first kappa shape index (κ1) is 19.9. The summed E-state index contributed by atoms with van der Waals surface area (Å²) in [6, 6.07) is 10.7. The van der Waals surface area contributed by atoms with Crippen molar-refractivity contribution in [3.63, 3.8) is 0 Å². The number of carbonyl (C=O) groups excluding carboxylic acids is 1. The maximum Gasteiger partial charge on any atom is 0.330 e. The van der Waals surface area contributed by atoms with Crippen LogP contribution in [0.1, 0.15) is 18.2 Å². The van der Waals surface area contributed by atoms with Crippen molar-refractivity contribution >= 4 is 17.4 Å². The van der Waals surface area contributed by atoms with Crippen LogP contribution >= 0.6 is 0 Å². The van der Waals surface area contributed by atoms with Gasteiger partial charge in [0.2, 0.25) is 0 Å². The number of H-pyrrole nitrogens is 1. The van der Waals surface area contributed by atoms with E-state index >= 15 is 0 Å². The second-order valence-corrected chi connectivity index (χ2v) is 6.27. The van der Waals surface area contributed by atoms with Gasteiger partial charge in [-0.15, -0.1) is 0 Å². The van der Waals surface area contributed by atoms with E-state index in [1.165, 1.54) is 15.5 Å². The molecule has 1 amide bonds. The lowest BCUT2D eigenvalue weighted by atomic mass is 10.2. The molecule has 0 saturated heterocycles. The van der Waals surface area contributed by atoms with Gasteiger partial charge in [-0.05, 0) is 24.6 Å². The molecule has 0 unspecified atom stereocenters. The summed E-state index contributed by atoms with van der Waals surface area (Å²) < 4.78 is 11.4. The summed E-state index contributed by atoms with van der Waals surface area (Å²) in [5.74, 6) is 0.0710. The number of hydrogen-bond donors (Lipinski definition) is 2. The molecule has 2 heterocycles. The van der Waals surface area contributed by atoms with Gasteiger partial charge in [0.05, 0.1) is 6.54 Å². The van der Waals surface area contributed by atoms with E-state index in [9.17, 15) is 14.4 Å². The standard InChI is InChI=1S/C19H21N5O5/c1-3-23(15(25)11-28-14-9-12(2)29-22-14)16-17(20)24(19(27)21-18(16)26)10-13-7-5-4-6-8-13/h4-9H,3,10-11,20H2,1-2H3,(H,21,26,27). The monoisotopic (exact) mass is 399 g/mol. The minimum atomic E-state index is -0.746. The number of aromatic nitrogens is 3. The second kappa shape index (κ2) is 8.46. The zero-order valence-corrected chi connectivity index (χ0v) is 16.0. The van der Waals surface area contributed by atoms with Crippen LogP contribution in [-0.4, -0.2) is 33.8 Å². The van der Waals surface area contributed by atoms with E-state index in [4.69, 9.17) is 15.0 Å². The maximum atomic E-state index is 12.7. The summed E-state index contributed by atoms with van der Waals surface area (Å²) in [5.41, 5.74) is 5.45. The van der Waals surface area contributed by atoms with E-state index in [1.54, 1.807) is 13.8 Å². The fourth-order valence-corrected chi connectivity index (χ4v) is 2.85. The molecule has 0 bridgehead atoms. The summed E-state index contributed by atoms with van der Waals surface area (Å²) in [4.78, 5) is 40.8. The first-order valence-corrected chi connectivity index (χ1v) is 8.93. The van der Waals surface area contributed by atoms with Crippen LogP contribution in [0.25, 0.3) is 0 Å². The molecule has 0 saturated carbocycles. The highest BCUT2D eigenvalue weighted by Gasteiger charge is 2.23. The summed E-state index contributed by atoms with van der Waals surface area (Å²) in [6.45, 7) is 3.29. The van der Waals surface area contributed by atoms with Crippen molar-refractivity contribution < 1.29 is 14.1 Å². The van der Waals surface area contributed by atoms with E-state index in [0.717, 1.165) is 5.56 Å². The van der Waals surface area contributed by atoms with Gasteiger partial charge in [-0.3, -0.25) is 19.1 Å². The van der Waals surface area contributed by atoms with Crippen LogP contribution in [0.2, 0.25) is 0 Å². The zero-order chi connectivity index (χ0) is 21.0. The maximum absolute atomic E-state index is 12.7. The van der Waals surface area contributed by atoms with Gasteiger partial charge in [0.15, 0.2) is 12.3 Å². The van der Waals surface area contributed by atoms with Gasteiger partial charge < -0.3 is 19.9 Å². The van der Waals surface area contributed by atoms with Crippen molar-refractivity contribution in [1.82, 2.24) is 14.7 Å². The Kier molecular flexibility index (Phi) is 5.82. The van der Waals surface area contributed by atoms with E-state index in [-0.39, 0.29) is 37.1 Å². The van der Waals surface area contributed by atoms with Crippen LogP contribution in [0.3, 0.4) is 0 Å². The van der Waals surface area contributed by atoms with Crippen molar-refractivity contribution in [3.8, 4) is 5.88 Å². The highest BCUT2D eigenvalue weighted by Crippen LogP contribution is 2.18. The Labute approximate surface area is 165 Å². The average molecular weight is 399 g/mol. The summed E-state index contributed by atoms with van der Waals surface area (Å²) in [6.07, 6.45) is 0. The van der Waals surface area contributed by atoms with Gasteiger partial charge in [0.25, 0.3) is 17.3 Å². The summed E-state index contributed by atoms with van der Waals surface area (Å²) >= 11 is 0. The molecule has 10 heteroatoms. The molecule has 3 N–H and O–H groups in total. The molecule has 2 aromatic heterocycles. The number of aryl methyl sites for hydroxylation is 1. The predicted octanol–water partition coefficient (Wildman–Crippen LogP) is 0.895. The van der Waals surface area contributed by atoms with E-state index < -0.39 is 17.2 Å². The summed E-state index contributed by atoms with van der Waals surface area (Å²) in [7, 11) is 0. The Morgan fingerprint density at radius 1 is 1.31 bits per heavy atom. The molecule has 152 valence electrons. The number of amides is 1. The van der Waals surface area contributed by atoms with Crippen molar-refractivity contribution in [2.75, 3.05) is 23.8 Å². The quantitative estimate of drug-likeness (QED) is 0.602. The fraction of sp³-hybridized carbons (Fsp3) is 0.263. The van der Waals surface area contributed by atoms with Crippen molar-refractivity contribution in [2.24, 2.45) is 0 Å². The minimum Gasteiger partial charge on any atom is -0.465 e. The normalized spacial score (nSPS) is 10.7. The van der Waals surface area contributed by atoms with Gasteiger partial charge in [-0.1, -0.05) is 30.3 Å². The number of nitrogen functional groups attached to an aromatic ring is 1. The lowest BCUT2D eigenvalue weighted by Crippen LogP contribution is -2.42. The van der Waals surface area contributed by atoms with Gasteiger partial charge in [0.1, 0.15) is 11.6 Å². The number of carbonyl (C=O) groups is 1. The largest absolute Gasteiger partial charge is 0.465 e. The molecule has 0 aliphatic heterocycles.